The molecule has 5 nitrogen and oxygen atoms in total. The lowest BCUT2D eigenvalue weighted by molar-refractivity contribution is -0.167. The van der Waals surface area contributed by atoms with Gasteiger partial charge >= 0.3 is 11.9 Å². The maximum Gasteiger partial charge on any atom is 0.312 e. The Labute approximate surface area is 180 Å². The molecule has 1 N–H and O–H groups in total. The van der Waals surface area contributed by atoms with E-state index in [1.54, 1.807) is 0 Å². The Hall–Kier alpha value is -1.62. The molecule has 1 aliphatic heterocycles. The second kappa shape index (κ2) is 9.25. The second-order valence-corrected chi connectivity index (χ2v) is 10.3. The van der Waals surface area contributed by atoms with E-state index >= 15 is 0 Å². The van der Waals surface area contributed by atoms with Crippen molar-refractivity contribution < 1.29 is 24.2 Å². The fourth-order valence-electron chi connectivity index (χ4n) is 4.90. The third-order valence-corrected chi connectivity index (χ3v) is 7.63. The molecular formula is C25H38O5. The van der Waals surface area contributed by atoms with E-state index in [-0.39, 0.29) is 42.4 Å². The van der Waals surface area contributed by atoms with E-state index in [1.807, 2.05) is 13.8 Å². The number of carbonyl (C=O) groups excluding carboxylic acids is 2. The van der Waals surface area contributed by atoms with Gasteiger partial charge in [0.05, 0.1) is 17.9 Å². The Morgan fingerprint density at radius 1 is 1.33 bits per heavy atom. The number of fused-ring (bicyclic) bond motifs is 1. The van der Waals surface area contributed by atoms with E-state index in [0.29, 0.717) is 18.3 Å². The molecule has 0 aromatic carbocycles. The van der Waals surface area contributed by atoms with Gasteiger partial charge in [0, 0.05) is 12.3 Å². The smallest absolute Gasteiger partial charge is 0.312 e. The third kappa shape index (κ3) is 4.99. The topological polar surface area (TPSA) is 72.8 Å². The summed E-state index contributed by atoms with van der Waals surface area (Å²) in [7, 11) is 0. The number of hydrogen-bond acceptors (Lipinski definition) is 5. The fraction of sp³-hybridized carbons (Fsp3) is 0.760. The van der Waals surface area contributed by atoms with Crippen molar-refractivity contribution in [3.63, 3.8) is 0 Å². The molecule has 1 heterocycles. The summed E-state index contributed by atoms with van der Waals surface area (Å²) in [6.45, 7) is 10.3. The van der Waals surface area contributed by atoms with Crippen molar-refractivity contribution in [2.24, 2.45) is 29.1 Å². The fourth-order valence-corrected chi connectivity index (χ4v) is 4.90. The lowest BCUT2D eigenvalue weighted by Gasteiger charge is -2.43. The molecule has 2 aliphatic carbocycles. The van der Waals surface area contributed by atoms with Crippen molar-refractivity contribution >= 4 is 11.9 Å². The van der Waals surface area contributed by atoms with Crippen molar-refractivity contribution in [1.82, 2.24) is 0 Å². The van der Waals surface area contributed by atoms with Crippen molar-refractivity contribution in [3.05, 3.63) is 23.8 Å². The summed E-state index contributed by atoms with van der Waals surface area (Å²) in [6.07, 6.45) is 9.76. The Morgan fingerprint density at radius 2 is 2.07 bits per heavy atom. The van der Waals surface area contributed by atoms with Gasteiger partial charge in [-0.05, 0) is 62.9 Å². The highest BCUT2D eigenvalue weighted by atomic mass is 16.6. The molecule has 0 amide bonds. The van der Waals surface area contributed by atoms with E-state index < -0.39 is 11.5 Å². The summed E-state index contributed by atoms with van der Waals surface area (Å²) in [5, 5.41) is 9.91. The maximum atomic E-state index is 13.0. The van der Waals surface area contributed by atoms with E-state index in [0.717, 1.165) is 25.7 Å². The molecule has 168 valence electrons. The molecule has 3 aliphatic rings. The number of hydrogen-bond donors (Lipinski definition) is 1. The van der Waals surface area contributed by atoms with Crippen LogP contribution in [0.1, 0.15) is 73.1 Å². The molecule has 0 bridgehead atoms. The summed E-state index contributed by atoms with van der Waals surface area (Å²) in [5.41, 5.74) is 0.754. The van der Waals surface area contributed by atoms with Crippen molar-refractivity contribution in [3.8, 4) is 0 Å². The van der Waals surface area contributed by atoms with Crippen LogP contribution in [-0.4, -0.2) is 35.4 Å². The van der Waals surface area contributed by atoms with Gasteiger partial charge in [0.15, 0.2) is 0 Å². The van der Waals surface area contributed by atoms with Gasteiger partial charge in [0.2, 0.25) is 0 Å². The van der Waals surface area contributed by atoms with Crippen LogP contribution < -0.4 is 0 Å². The number of aliphatic hydroxyl groups excluding tert-OH is 1. The number of esters is 2. The van der Waals surface area contributed by atoms with Crippen LogP contribution in [-0.2, 0) is 19.1 Å². The zero-order valence-electron chi connectivity index (χ0n) is 19.1. The number of allylic oxidation sites excluding steroid dienone is 3. The van der Waals surface area contributed by atoms with E-state index in [9.17, 15) is 14.7 Å². The van der Waals surface area contributed by atoms with Crippen LogP contribution >= 0.6 is 0 Å². The minimum Gasteiger partial charge on any atom is -0.462 e. The SMILES string of the molecule is CC(C)C(C)(C)C(=O)OC1CCC=C2C=C[C@H](C)[C@H](CC[C@@H]3C[C@@H](O)CC(=O)O3)[C@H]21. The average Bonchev–Trinajstić information content (AvgIpc) is 2.66. The maximum absolute atomic E-state index is 13.0. The lowest BCUT2D eigenvalue weighted by Crippen LogP contribution is -2.43. The Balaban J connectivity index is 1.73. The minimum atomic E-state index is -0.600. The summed E-state index contributed by atoms with van der Waals surface area (Å²) in [5.74, 6) is 0.630. The number of aliphatic hydroxyl groups is 1. The molecule has 1 fully saturated rings. The predicted molar refractivity (Wildman–Crippen MR) is 115 cm³/mol. The van der Waals surface area contributed by atoms with E-state index in [1.165, 1.54) is 5.57 Å². The van der Waals surface area contributed by atoms with Gasteiger partial charge in [-0.1, -0.05) is 39.0 Å². The molecule has 0 aromatic heterocycles. The molecule has 0 radical (unpaired) electrons. The largest absolute Gasteiger partial charge is 0.462 e. The molecule has 30 heavy (non-hydrogen) atoms. The quantitative estimate of drug-likeness (QED) is 0.639. The van der Waals surface area contributed by atoms with Crippen LogP contribution in [0.25, 0.3) is 0 Å². The van der Waals surface area contributed by atoms with Crippen molar-refractivity contribution in [1.29, 1.82) is 0 Å². The van der Waals surface area contributed by atoms with Crippen molar-refractivity contribution in [2.75, 3.05) is 0 Å². The zero-order valence-corrected chi connectivity index (χ0v) is 19.1. The number of carbonyl (C=O) groups is 2. The first-order valence-electron chi connectivity index (χ1n) is 11.6. The molecule has 1 unspecified atom stereocenters. The highest BCUT2D eigenvalue weighted by Crippen LogP contribution is 2.44. The number of cyclic esters (lactones) is 1. The van der Waals surface area contributed by atoms with Gasteiger partial charge < -0.3 is 14.6 Å². The first kappa shape index (κ1) is 23.1. The third-order valence-electron chi connectivity index (χ3n) is 7.63. The number of ether oxygens (including phenoxy) is 2. The zero-order chi connectivity index (χ0) is 22.1. The Morgan fingerprint density at radius 3 is 2.73 bits per heavy atom. The van der Waals surface area contributed by atoms with Gasteiger partial charge in [-0.15, -0.1) is 0 Å². The van der Waals surface area contributed by atoms with Crippen LogP contribution in [0.4, 0.5) is 0 Å². The summed E-state index contributed by atoms with van der Waals surface area (Å²) < 4.78 is 11.6. The van der Waals surface area contributed by atoms with Crippen LogP contribution in [0.5, 0.6) is 0 Å². The average molecular weight is 419 g/mol. The lowest BCUT2D eigenvalue weighted by atomic mass is 9.66. The Kier molecular flexibility index (Phi) is 7.11. The highest BCUT2D eigenvalue weighted by Gasteiger charge is 2.43. The van der Waals surface area contributed by atoms with E-state index in [4.69, 9.17) is 9.47 Å². The molecule has 6 atom stereocenters. The monoisotopic (exact) mass is 418 g/mol. The molecule has 0 spiro atoms. The number of rotatable bonds is 6. The van der Waals surface area contributed by atoms with Gasteiger partial charge in [-0.25, -0.2) is 0 Å². The van der Waals surface area contributed by atoms with Gasteiger partial charge in [-0.2, -0.15) is 0 Å². The van der Waals surface area contributed by atoms with Gasteiger partial charge in [0.25, 0.3) is 0 Å². The normalized spacial score (nSPS) is 34.2. The minimum absolute atomic E-state index is 0.0955. The van der Waals surface area contributed by atoms with Crippen LogP contribution in [0.2, 0.25) is 0 Å². The van der Waals surface area contributed by atoms with Crippen LogP contribution in [0.15, 0.2) is 23.8 Å². The Bertz CT molecular complexity index is 704. The predicted octanol–water partition coefficient (Wildman–Crippen LogP) is 4.59. The van der Waals surface area contributed by atoms with Crippen LogP contribution in [0, 0.1) is 29.1 Å². The first-order valence-corrected chi connectivity index (χ1v) is 11.6. The van der Waals surface area contributed by atoms with Crippen LogP contribution in [0.3, 0.4) is 0 Å². The molecule has 1 saturated heterocycles. The highest BCUT2D eigenvalue weighted by molar-refractivity contribution is 5.76. The molecular weight excluding hydrogens is 380 g/mol. The van der Waals surface area contributed by atoms with Gasteiger partial charge in [-0.3, -0.25) is 9.59 Å². The molecule has 3 rings (SSSR count). The van der Waals surface area contributed by atoms with Gasteiger partial charge in [0.1, 0.15) is 12.2 Å². The molecule has 5 heteroatoms. The second-order valence-electron chi connectivity index (χ2n) is 10.3. The first-order chi connectivity index (χ1) is 14.1. The van der Waals surface area contributed by atoms with E-state index in [2.05, 4.69) is 39.0 Å². The summed E-state index contributed by atoms with van der Waals surface area (Å²) >= 11 is 0. The summed E-state index contributed by atoms with van der Waals surface area (Å²) in [6, 6.07) is 0. The molecule has 0 aromatic rings. The molecule has 0 saturated carbocycles. The standard InChI is InChI=1S/C25H38O5/c1-15(2)25(4,5)24(28)30-21-8-6-7-17-10-9-16(3)20(23(17)21)12-11-19-13-18(26)14-22(27)29-19/h7,9-10,15-16,18-21,23,26H,6,8,11-14H2,1-5H3/t16-,18+,19+,20-,21?,23-/m0/s1. The summed E-state index contributed by atoms with van der Waals surface area (Å²) in [4.78, 5) is 24.7. The van der Waals surface area contributed by atoms with Crippen molar-refractivity contribution in [2.45, 2.75) is 91.5 Å².